The second-order valence-corrected chi connectivity index (χ2v) is 9.62. The highest BCUT2D eigenvalue weighted by Crippen LogP contribution is 2.36. The lowest BCUT2D eigenvalue weighted by molar-refractivity contribution is -0.136. The molecule has 15 heteroatoms. The molecule has 1 fully saturated rings. The van der Waals surface area contributed by atoms with Crippen LogP contribution < -0.4 is 10.6 Å². The van der Waals surface area contributed by atoms with Gasteiger partial charge in [0, 0.05) is 31.7 Å². The van der Waals surface area contributed by atoms with E-state index in [1.54, 1.807) is 19.3 Å². The number of rotatable bonds is 5. The van der Waals surface area contributed by atoms with Gasteiger partial charge in [-0.15, -0.1) is 5.10 Å². The average Bonchev–Trinajstić information content (AvgIpc) is 3.56. The summed E-state index contributed by atoms with van der Waals surface area (Å²) in [6, 6.07) is 13.4. The predicted molar refractivity (Wildman–Crippen MR) is 144 cm³/mol. The summed E-state index contributed by atoms with van der Waals surface area (Å²) >= 11 is 0. The zero-order chi connectivity index (χ0) is 29.4. The van der Waals surface area contributed by atoms with Gasteiger partial charge in [-0.05, 0) is 23.8 Å². The fourth-order valence-electron chi connectivity index (χ4n) is 4.73. The van der Waals surface area contributed by atoms with Crippen LogP contribution in [0.2, 0.25) is 0 Å². The van der Waals surface area contributed by atoms with Crippen molar-refractivity contribution in [3.63, 3.8) is 0 Å². The summed E-state index contributed by atoms with van der Waals surface area (Å²) in [7, 11) is 1.68. The van der Waals surface area contributed by atoms with E-state index in [0.29, 0.717) is 5.69 Å². The van der Waals surface area contributed by atoms with Gasteiger partial charge in [0.05, 0.1) is 17.6 Å². The second kappa shape index (κ2) is 10.6. The molecule has 0 bridgehead atoms. The second-order valence-electron chi connectivity index (χ2n) is 9.62. The summed E-state index contributed by atoms with van der Waals surface area (Å²) in [5, 5.41) is 14.3. The zero-order valence-electron chi connectivity index (χ0n) is 22.2. The molecule has 2 amide bonds. The van der Waals surface area contributed by atoms with Gasteiger partial charge in [0.2, 0.25) is 17.7 Å². The first-order valence-electron chi connectivity index (χ1n) is 12.9. The smallest absolute Gasteiger partial charge is 0.418 e. The van der Waals surface area contributed by atoms with Crippen LogP contribution in [-0.4, -0.2) is 71.9 Å². The highest BCUT2D eigenvalue weighted by molar-refractivity contribution is 5.95. The molecule has 1 atom stereocenters. The van der Waals surface area contributed by atoms with Crippen LogP contribution in [0.4, 0.5) is 23.9 Å². The lowest BCUT2D eigenvalue weighted by atomic mass is 10.1. The third kappa shape index (κ3) is 5.15. The molecule has 0 spiro atoms. The number of aryl methyl sites for hydroxylation is 1. The van der Waals surface area contributed by atoms with Crippen LogP contribution in [0.5, 0.6) is 0 Å². The van der Waals surface area contributed by atoms with Gasteiger partial charge in [0.25, 0.3) is 0 Å². The van der Waals surface area contributed by atoms with Crippen LogP contribution in [0.1, 0.15) is 11.1 Å². The van der Waals surface area contributed by atoms with E-state index in [4.69, 9.17) is 4.74 Å². The van der Waals surface area contributed by atoms with E-state index in [0.717, 1.165) is 11.6 Å². The number of alkyl halides is 3. The Bertz CT molecular complexity index is 1790. The number of carbonyl (C=O) groups excluding carboxylic acids is 2. The molecule has 0 aliphatic carbocycles. The van der Waals surface area contributed by atoms with Crippen molar-refractivity contribution in [2.24, 2.45) is 7.05 Å². The summed E-state index contributed by atoms with van der Waals surface area (Å²) in [6.07, 6.45) is -3.80. The summed E-state index contributed by atoms with van der Waals surface area (Å²) in [5.41, 5.74) is 0.0784. The summed E-state index contributed by atoms with van der Waals surface area (Å²) < 4.78 is 50.2. The standard InChI is InChI=1S/C27H24F3N9O3/c1-37-20(10-11-32-37)22-35-23-17-8-5-9-18(27(28,29)30)21(17)34-25(39(23)36-22)33-19-14-38(13-12-31-24(19)40)26(41)42-15-16-6-3-2-4-7-16/h2-11,19H,12-15H2,1H3,(H,31,40)(H,33,34)/t19-/m1/s1. The molecule has 6 rings (SSSR count). The maximum absolute atomic E-state index is 14.0. The minimum absolute atomic E-state index is 0.0401. The molecule has 0 saturated carbocycles. The largest absolute Gasteiger partial charge is 0.445 e. The Kier molecular flexibility index (Phi) is 6.84. The molecular weight excluding hydrogens is 555 g/mol. The first-order chi connectivity index (χ1) is 20.2. The Morgan fingerprint density at radius 2 is 1.93 bits per heavy atom. The van der Waals surface area contributed by atoms with Gasteiger partial charge in [-0.2, -0.15) is 22.8 Å². The molecule has 216 valence electrons. The molecule has 3 aromatic heterocycles. The van der Waals surface area contributed by atoms with Crippen molar-refractivity contribution in [2.45, 2.75) is 18.8 Å². The van der Waals surface area contributed by atoms with Gasteiger partial charge in [0.1, 0.15) is 18.3 Å². The fourth-order valence-corrected chi connectivity index (χ4v) is 4.73. The van der Waals surface area contributed by atoms with E-state index in [1.807, 2.05) is 30.3 Å². The van der Waals surface area contributed by atoms with Gasteiger partial charge in [-0.1, -0.05) is 36.4 Å². The number of nitrogens with one attached hydrogen (secondary N) is 2. The number of nitrogens with zero attached hydrogens (tertiary/aromatic N) is 7. The molecule has 5 aromatic rings. The van der Waals surface area contributed by atoms with Gasteiger partial charge in [-0.3, -0.25) is 9.48 Å². The van der Waals surface area contributed by atoms with Crippen molar-refractivity contribution >= 4 is 34.5 Å². The highest BCUT2D eigenvalue weighted by atomic mass is 19.4. The fraction of sp³-hybridized carbons (Fsp3) is 0.259. The van der Waals surface area contributed by atoms with Crippen LogP contribution in [0, 0.1) is 0 Å². The van der Waals surface area contributed by atoms with Crippen LogP contribution in [0.3, 0.4) is 0 Å². The molecule has 1 saturated heterocycles. The monoisotopic (exact) mass is 579 g/mol. The van der Waals surface area contributed by atoms with Crippen LogP contribution in [0.25, 0.3) is 28.1 Å². The van der Waals surface area contributed by atoms with Crippen molar-refractivity contribution in [1.29, 1.82) is 0 Å². The minimum Gasteiger partial charge on any atom is -0.445 e. The third-order valence-corrected chi connectivity index (χ3v) is 6.82. The highest BCUT2D eigenvalue weighted by Gasteiger charge is 2.35. The Labute approximate surface area is 236 Å². The Balaban J connectivity index is 1.38. The molecule has 0 radical (unpaired) electrons. The van der Waals surface area contributed by atoms with Gasteiger partial charge in [-0.25, -0.2) is 14.8 Å². The Hall–Kier alpha value is -5.21. The van der Waals surface area contributed by atoms with E-state index in [-0.39, 0.29) is 54.6 Å². The zero-order valence-corrected chi connectivity index (χ0v) is 22.2. The first-order valence-corrected chi connectivity index (χ1v) is 12.9. The average molecular weight is 580 g/mol. The summed E-state index contributed by atoms with van der Waals surface area (Å²) in [5.74, 6) is -0.435. The van der Waals surface area contributed by atoms with E-state index in [2.05, 4.69) is 30.8 Å². The number of amides is 2. The number of hydrogen-bond donors (Lipinski definition) is 2. The topological polar surface area (TPSA) is 132 Å². The van der Waals surface area contributed by atoms with Crippen molar-refractivity contribution in [3.05, 3.63) is 71.9 Å². The molecule has 1 aliphatic rings. The first kappa shape index (κ1) is 27.0. The number of ether oxygens (including phenoxy) is 1. The van der Waals surface area contributed by atoms with E-state index < -0.39 is 29.8 Å². The van der Waals surface area contributed by atoms with Crippen molar-refractivity contribution in [1.82, 2.24) is 39.6 Å². The lowest BCUT2D eigenvalue weighted by Crippen LogP contribution is -2.44. The number of anilines is 1. The number of fused-ring (bicyclic) bond motifs is 3. The van der Waals surface area contributed by atoms with Gasteiger partial charge >= 0.3 is 12.3 Å². The van der Waals surface area contributed by atoms with Crippen LogP contribution in [0.15, 0.2) is 60.8 Å². The number of para-hydroxylation sites is 1. The minimum atomic E-state index is -4.70. The van der Waals surface area contributed by atoms with E-state index in [9.17, 15) is 22.8 Å². The molecule has 12 nitrogen and oxygen atoms in total. The SMILES string of the molecule is Cn1nccc1-c1nc2c3cccc(C(F)(F)F)c3nc(N[C@@H]3CN(C(=O)OCc4ccccc4)CCNC3=O)n2n1. The normalized spacial score (nSPS) is 16.0. The van der Waals surface area contributed by atoms with E-state index >= 15 is 0 Å². The van der Waals surface area contributed by atoms with Crippen LogP contribution in [-0.2, 0) is 29.4 Å². The maximum atomic E-state index is 14.0. The number of halogens is 3. The molecule has 1 aliphatic heterocycles. The molecular formula is C27H24F3N9O3. The molecule has 2 aromatic carbocycles. The van der Waals surface area contributed by atoms with Gasteiger partial charge < -0.3 is 20.3 Å². The number of carbonyl (C=O) groups is 2. The Morgan fingerprint density at radius 3 is 2.67 bits per heavy atom. The predicted octanol–water partition coefficient (Wildman–Crippen LogP) is 3.25. The van der Waals surface area contributed by atoms with Gasteiger partial charge in [0.15, 0.2) is 5.65 Å². The summed E-state index contributed by atoms with van der Waals surface area (Å²) in [6.45, 7) is 0.234. The molecule has 4 heterocycles. The van der Waals surface area contributed by atoms with Crippen LogP contribution >= 0.6 is 0 Å². The molecule has 2 N–H and O–H groups in total. The quantitative estimate of drug-likeness (QED) is 0.325. The lowest BCUT2D eigenvalue weighted by Gasteiger charge is -2.23. The molecule has 0 unspecified atom stereocenters. The number of benzene rings is 2. The Morgan fingerprint density at radius 1 is 1.12 bits per heavy atom. The number of hydrogen-bond acceptors (Lipinski definition) is 8. The van der Waals surface area contributed by atoms with Crippen molar-refractivity contribution < 1.29 is 27.5 Å². The maximum Gasteiger partial charge on any atom is 0.418 e. The summed E-state index contributed by atoms with van der Waals surface area (Å²) in [4.78, 5) is 36.1. The van der Waals surface area contributed by atoms with Crippen molar-refractivity contribution in [2.75, 3.05) is 25.0 Å². The number of aromatic nitrogens is 6. The third-order valence-electron chi connectivity index (χ3n) is 6.82. The molecule has 42 heavy (non-hydrogen) atoms. The van der Waals surface area contributed by atoms with E-state index in [1.165, 1.54) is 26.2 Å². The van der Waals surface area contributed by atoms with Crippen molar-refractivity contribution in [3.8, 4) is 11.5 Å².